The Morgan fingerprint density at radius 2 is 1.94 bits per heavy atom. The molecular weight excluding hydrogens is 234 g/mol. The Bertz CT molecular complexity index is 376. The highest BCUT2D eigenvalue weighted by molar-refractivity contribution is 6.34. The van der Waals surface area contributed by atoms with Crippen LogP contribution in [0.15, 0.2) is 24.3 Å². The average molecular weight is 254 g/mol. The van der Waals surface area contributed by atoms with E-state index in [2.05, 4.69) is 0 Å². The molecule has 3 heteroatoms. The van der Waals surface area contributed by atoms with Crippen molar-refractivity contribution < 1.29 is 4.79 Å². The number of Topliss-reactive ketones (excluding diaryl/α,β-unsaturated/α-hetero) is 1. The first-order chi connectivity index (χ1) is 8.02. The molecule has 0 fully saturated rings. The third-order valence-electron chi connectivity index (χ3n) is 2.88. The molecule has 0 saturated carbocycles. The maximum Gasteiger partial charge on any atom is 0.167 e. The van der Waals surface area contributed by atoms with E-state index in [0.717, 1.165) is 19.3 Å². The molecule has 2 unspecified atom stereocenters. The van der Waals surface area contributed by atoms with Crippen LogP contribution in [0.4, 0.5) is 0 Å². The van der Waals surface area contributed by atoms with Gasteiger partial charge in [-0.25, -0.2) is 0 Å². The van der Waals surface area contributed by atoms with Crippen LogP contribution in [0.25, 0.3) is 0 Å². The number of carbonyl (C=O) groups excluding carboxylic acids is 1. The topological polar surface area (TPSA) is 43.1 Å². The highest BCUT2D eigenvalue weighted by Crippen LogP contribution is 2.21. The van der Waals surface area contributed by atoms with Crippen molar-refractivity contribution in [3.63, 3.8) is 0 Å². The summed E-state index contributed by atoms with van der Waals surface area (Å²) in [5, 5.41) is 0.538. The quantitative estimate of drug-likeness (QED) is 0.786. The van der Waals surface area contributed by atoms with Crippen molar-refractivity contribution in [3.05, 3.63) is 34.9 Å². The number of halogens is 1. The summed E-state index contributed by atoms with van der Waals surface area (Å²) in [5.74, 6) is 0.133. The van der Waals surface area contributed by atoms with E-state index in [9.17, 15) is 4.79 Å². The third-order valence-corrected chi connectivity index (χ3v) is 3.21. The third kappa shape index (κ3) is 4.49. The van der Waals surface area contributed by atoms with Crippen molar-refractivity contribution in [2.75, 3.05) is 0 Å². The lowest BCUT2D eigenvalue weighted by Gasteiger charge is -2.12. The zero-order valence-electron chi connectivity index (χ0n) is 10.4. The van der Waals surface area contributed by atoms with E-state index in [-0.39, 0.29) is 17.7 Å². The van der Waals surface area contributed by atoms with E-state index >= 15 is 0 Å². The van der Waals surface area contributed by atoms with Gasteiger partial charge in [-0.15, -0.1) is 0 Å². The summed E-state index contributed by atoms with van der Waals surface area (Å²) in [7, 11) is 0. The number of hydrogen-bond acceptors (Lipinski definition) is 2. The molecule has 17 heavy (non-hydrogen) atoms. The van der Waals surface area contributed by atoms with E-state index in [0.29, 0.717) is 10.6 Å². The van der Waals surface area contributed by atoms with E-state index in [1.54, 1.807) is 12.1 Å². The van der Waals surface area contributed by atoms with Crippen molar-refractivity contribution in [1.82, 2.24) is 0 Å². The average Bonchev–Trinajstić information content (AvgIpc) is 2.28. The predicted octanol–water partition coefficient (Wildman–Crippen LogP) is 3.68. The largest absolute Gasteiger partial charge is 0.328 e. The zero-order valence-corrected chi connectivity index (χ0v) is 11.2. The highest BCUT2D eigenvalue weighted by Gasteiger charge is 2.17. The molecule has 0 radical (unpaired) electrons. The molecule has 0 aliphatic heterocycles. The van der Waals surface area contributed by atoms with Gasteiger partial charge < -0.3 is 5.73 Å². The minimum absolute atomic E-state index is 0.00801. The van der Waals surface area contributed by atoms with Crippen LogP contribution < -0.4 is 5.73 Å². The molecule has 1 aromatic carbocycles. The van der Waals surface area contributed by atoms with Crippen molar-refractivity contribution in [1.29, 1.82) is 0 Å². The summed E-state index contributed by atoms with van der Waals surface area (Å²) < 4.78 is 0. The van der Waals surface area contributed by atoms with Crippen molar-refractivity contribution in [2.45, 2.75) is 39.2 Å². The summed E-state index contributed by atoms with van der Waals surface area (Å²) in [5.41, 5.74) is 6.31. The molecule has 0 heterocycles. The van der Waals surface area contributed by atoms with Crippen LogP contribution in [0.5, 0.6) is 0 Å². The van der Waals surface area contributed by atoms with Crippen LogP contribution in [0.1, 0.15) is 43.5 Å². The Balaban J connectivity index is 2.55. The lowest BCUT2D eigenvalue weighted by Crippen LogP contribution is -2.16. The van der Waals surface area contributed by atoms with Gasteiger partial charge >= 0.3 is 0 Å². The molecule has 0 spiro atoms. The lowest BCUT2D eigenvalue weighted by molar-refractivity contribution is 0.0922. The Labute approximate surface area is 108 Å². The Morgan fingerprint density at radius 1 is 1.29 bits per heavy atom. The van der Waals surface area contributed by atoms with E-state index in [1.807, 2.05) is 26.0 Å². The Kier molecular flexibility index (Phi) is 5.66. The molecule has 94 valence electrons. The molecular formula is C14H20ClNO. The molecule has 0 bridgehead atoms. The van der Waals surface area contributed by atoms with Crippen LogP contribution in [0.3, 0.4) is 0 Å². The number of nitrogens with two attached hydrogens (primary N) is 1. The number of rotatable bonds is 6. The molecule has 0 aliphatic carbocycles. The summed E-state index contributed by atoms with van der Waals surface area (Å²) >= 11 is 6.01. The molecule has 0 aromatic heterocycles. The molecule has 2 nitrogen and oxygen atoms in total. The van der Waals surface area contributed by atoms with E-state index < -0.39 is 0 Å². The molecule has 2 atom stereocenters. The van der Waals surface area contributed by atoms with Crippen molar-refractivity contribution in [2.24, 2.45) is 11.7 Å². The van der Waals surface area contributed by atoms with Gasteiger partial charge in [0.1, 0.15) is 0 Å². The lowest BCUT2D eigenvalue weighted by atomic mass is 9.93. The highest BCUT2D eigenvalue weighted by atomic mass is 35.5. The molecule has 1 aromatic rings. The summed E-state index contributed by atoms with van der Waals surface area (Å²) in [6.45, 7) is 3.94. The van der Waals surface area contributed by atoms with Gasteiger partial charge in [-0.1, -0.05) is 37.1 Å². The van der Waals surface area contributed by atoms with Gasteiger partial charge in [0.15, 0.2) is 5.78 Å². The minimum Gasteiger partial charge on any atom is -0.328 e. The van der Waals surface area contributed by atoms with Gasteiger partial charge in [0.25, 0.3) is 0 Å². The number of ketones is 1. The zero-order chi connectivity index (χ0) is 12.8. The molecule has 0 amide bonds. The van der Waals surface area contributed by atoms with Crippen LogP contribution in [0.2, 0.25) is 5.02 Å². The van der Waals surface area contributed by atoms with Gasteiger partial charge in [0.05, 0.1) is 5.02 Å². The maximum absolute atomic E-state index is 12.1. The second kappa shape index (κ2) is 6.77. The van der Waals surface area contributed by atoms with Gasteiger partial charge in [-0.2, -0.15) is 0 Å². The molecule has 0 saturated heterocycles. The van der Waals surface area contributed by atoms with E-state index in [1.165, 1.54) is 0 Å². The van der Waals surface area contributed by atoms with Crippen LogP contribution >= 0.6 is 11.6 Å². The fraction of sp³-hybridized carbons (Fsp3) is 0.500. The standard InChI is InChI=1S/C14H20ClNO/c1-10(6-5-7-11(2)16)14(17)12-8-3-4-9-13(12)15/h3-4,8-11H,5-7,16H2,1-2H3. The monoisotopic (exact) mass is 253 g/mol. The SMILES string of the molecule is CC(N)CCCC(C)C(=O)c1ccccc1Cl. The van der Waals surface area contributed by atoms with Crippen molar-refractivity contribution >= 4 is 17.4 Å². The summed E-state index contributed by atoms with van der Waals surface area (Å²) in [6, 6.07) is 7.42. The number of hydrogen-bond donors (Lipinski definition) is 1. The van der Waals surface area contributed by atoms with Crippen LogP contribution in [-0.2, 0) is 0 Å². The van der Waals surface area contributed by atoms with E-state index in [4.69, 9.17) is 17.3 Å². The fourth-order valence-corrected chi connectivity index (χ4v) is 2.03. The second-order valence-corrected chi connectivity index (χ2v) is 5.06. The van der Waals surface area contributed by atoms with Crippen LogP contribution in [0, 0.1) is 5.92 Å². The summed E-state index contributed by atoms with van der Waals surface area (Å²) in [6.07, 6.45) is 2.81. The first kappa shape index (κ1) is 14.2. The molecule has 0 aliphatic rings. The fourth-order valence-electron chi connectivity index (χ4n) is 1.80. The number of benzene rings is 1. The normalized spacial score (nSPS) is 14.4. The minimum atomic E-state index is 0.00801. The maximum atomic E-state index is 12.1. The Morgan fingerprint density at radius 3 is 2.53 bits per heavy atom. The van der Waals surface area contributed by atoms with Gasteiger partial charge in [0.2, 0.25) is 0 Å². The smallest absolute Gasteiger partial charge is 0.167 e. The van der Waals surface area contributed by atoms with Gasteiger partial charge in [-0.05, 0) is 31.9 Å². The summed E-state index contributed by atoms with van der Waals surface area (Å²) in [4.78, 5) is 12.1. The molecule has 1 rings (SSSR count). The number of carbonyl (C=O) groups is 1. The second-order valence-electron chi connectivity index (χ2n) is 4.65. The first-order valence-electron chi connectivity index (χ1n) is 6.06. The first-order valence-corrected chi connectivity index (χ1v) is 6.44. The van der Waals surface area contributed by atoms with Crippen molar-refractivity contribution in [3.8, 4) is 0 Å². The Hall–Kier alpha value is -0.860. The predicted molar refractivity (Wildman–Crippen MR) is 72.4 cm³/mol. The van der Waals surface area contributed by atoms with Gasteiger partial charge in [-0.3, -0.25) is 4.79 Å². The molecule has 2 N–H and O–H groups in total. The van der Waals surface area contributed by atoms with Gasteiger partial charge in [0, 0.05) is 17.5 Å². The van der Waals surface area contributed by atoms with Crippen LogP contribution in [-0.4, -0.2) is 11.8 Å².